The molecule has 2 N–H and O–H groups in total. The highest BCUT2D eigenvalue weighted by Crippen LogP contribution is 2.55. The molecule has 1 spiro atoms. The molecular formula is C26H28FN3O4S. The van der Waals surface area contributed by atoms with Crippen LogP contribution >= 0.6 is 11.3 Å². The highest BCUT2D eigenvalue weighted by Gasteiger charge is 2.72. The van der Waals surface area contributed by atoms with E-state index < -0.39 is 35.1 Å². The molecule has 3 aliphatic rings. The Bertz CT molecular complexity index is 1170. The predicted molar refractivity (Wildman–Crippen MR) is 129 cm³/mol. The zero-order valence-corrected chi connectivity index (χ0v) is 20.6. The maximum absolute atomic E-state index is 13.8. The highest BCUT2D eigenvalue weighted by atomic mass is 32.1. The van der Waals surface area contributed by atoms with Gasteiger partial charge < -0.3 is 20.3 Å². The molecule has 35 heavy (non-hydrogen) atoms. The first-order valence-electron chi connectivity index (χ1n) is 11.6. The van der Waals surface area contributed by atoms with Gasteiger partial charge in [-0.05, 0) is 49.9 Å². The molecule has 3 aliphatic heterocycles. The lowest BCUT2D eigenvalue weighted by Gasteiger charge is -2.34. The van der Waals surface area contributed by atoms with E-state index in [-0.39, 0.29) is 36.6 Å². The molecule has 0 aliphatic carbocycles. The minimum atomic E-state index is -1.20. The van der Waals surface area contributed by atoms with Gasteiger partial charge >= 0.3 is 0 Å². The molecule has 9 heteroatoms. The number of benzene rings is 1. The van der Waals surface area contributed by atoms with E-state index in [0.717, 1.165) is 10.4 Å². The number of nitrogens with zero attached hydrogens (tertiary/aromatic N) is 1. The van der Waals surface area contributed by atoms with Crippen molar-refractivity contribution in [1.82, 2.24) is 15.5 Å². The molecule has 2 saturated heterocycles. The summed E-state index contributed by atoms with van der Waals surface area (Å²) in [6, 6.07) is 8.80. The first-order valence-corrected chi connectivity index (χ1v) is 12.5. The summed E-state index contributed by atoms with van der Waals surface area (Å²) in [6.45, 7) is 6.12. The first-order chi connectivity index (χ1) is 16.6. The molecule has 1 aromatic heterocycles. The van der Waals surface area contributed by atoms with E-state index in [9.17, 15) is 18.8 Å². The van der Waals surface area contributed by atoms with E-state index >= 15 is 0 Å². The van der Waals surface area contributed by atoms with Gasteiger partial charge in [-0.25, -0.2) is 4.39 Å². The van der Waals surface area contributed by atoms with E-state index in [4.69, 9.17) is 4.74 Å². The van der Waals surface area contributed by atoms with Crippen LogP contribution in [0.25, 0.3) is 0 Å². The van der Waals surface area contributed by atoms with Gasteiger partial charge in [0, 0.05) is 17.0 Å². The normalized spacial score (nSPS) is 28.9. The average Bonchev–Trinajstić information content (AvgIpc) is 3.55. The summed E-state index contributed by atoms with van der Waals surface area (Å²) in [5.41, 5.74) is -0.962. The molecule has 7 nitrogen and oxygen atoms in total. The fraction of sp³-hybridized carbons (Fsp3) is 0.423. The molecule has 3 amide bonds. The van der Waals surface area contributed by atoms with Crippen molar-refractivity contribution >= 4 is 29.1 Å². The molecular weight excluding hydrogens is 469 g/mol. The van der Waals surface area contributed by atoms with Crippen LogP contribution in [0, 0.1) is 17.7 Å². The number of likely N-dealkylation sites (tertiary alicyclic amines) is 1. The standard InChI is InChI=1S/C26H28FN3O4S/c1-25(2,3)29-23(32)21-26-11-10-18(34-26)19(22(31)28-13-15-6-8-16(27)9-7-15)20(26)24(33)30(21)14-17-5-4-12-35-17/h4-12,18-21H,13-14H2,1-3H3,(H,28,31)(H,29,32)/t18-,19+,20-,21-,26-/m1/s1. The van der Waals surface area contributed by atoms with Crippen molar-refractivity contribution in [3.05, 3.63) is 70.2 Å². The van der Waals surface area contributed by atoms with Crippen molar-refractivity contribution in [1.29, 1.82) is 0 Å². The van der Waals surface area contributed by atoms with Crippen LogP contribution in [0.1, 0.15) is 31.2 Å². The second-order valence-electron chi connectivity index (χ2n) is 10.3. The summed E-state index contributed by atoms with van der Waals surface area (Å²) < 4.78 is 19.5. The number of amides is 3. The Morgan fingerprint density at radius 2 is 1.91 bits per heavy atom. The van der Waals surface area contributed by atoms with Gasteiger partial charge in [-0.2, -0.15) is 0 Å². The number of rotatable bonds is 6. The number of carbonyl (C=O) groups excluding carboxylic acids is 3. The lowest BCUT2D eigenvalue weighted by atomic mass is 9.74. The Labute approximate surface area is 207 Å². The lowest BCUT2D eigenvalue weighted by molar-refractivity contribution is -0.142. The Morgan fingerprint density at radius 3 is 2.57 bits per heavy atom. The van der Waals surface area contributed by atoms with Gasteiger partial charge in [-0.15, -0.1) is 11.3 Å². The molecule has 4 heterocycles. The number of thiophene rings is 1. The topological polar surface area (TPSA) is 87.7 Å². The summed E-state index contributed by atoms with van der Waals surface area (Å²) in [5.74, 6) is -2.80. The number of nitrogens with one attached hydrogen (secondary N) is 2. The monoisotopic (exact) mass is 497 g/mol. The molecule has 0 unspecified atom stereocenters. The fourth-order valence-electron chi connectivity index (χ4n) is 5.36. The van der Waals surface area contributed by atoms with E-state index in [0.29, 0.717) is 0 Å². The summed E-state index contributed by atoms with van der Waals surface area (Å²) in [5, 5.41) is 7.80. The van der Waals surface area contributed by atoms with Gasteiger partial charge in [-0.3, -0.25) is 14.4 Å². The van der Waals surface area contributed by atoms with Crippen LogP contribution in [0.3, 0.4) is 0 Å². The number of hydrogen-bond donors (Lipinski definition) is 2. The van der Waals surface area contributed by atoms with E-state index in [1.165, 1.54) is 23.5 Å². The average molecular weight is 498 g/mol. The van der Waals surface area contributed by atoms with Crippen molar-refractivity contribution in [2.24, 2.45) is 11.8 Å². The zero-order chi connectivity index (χ0) is 25.0. The molecule has 0 saturated carbocycles. The molecule has 2 bridgehead atoms. The second kappa shape index (κ2) is 8.57. The van der Waals surface area contributed by atoms with Crippen molar-refractivity contribution < 1.29 is 23.5 Å². The van der Waals surface area contributed by atoms with Crippen LogP contribution in [0.4, 0.5) is 4.39 Å². The van der Waals surface area contributed by atoms with Crippen LogP contribution in [-0.4, -0.2) is 45.9 Å². The lowest BCUT2D eigenvalue weighted by Crippen LogP contribution is -2.57. The van der Waals surface area contributed by atoms with Crippen LogP contribution in [0.2, 0.25) is 0 Å². The quantitative estimate of drug-likeness (QED) is 0.601. The second-order valence-corrected chi connectivity index (χ2v) is 11.4. The van der Waals surface area contributed by atoms with E-state index in [2.05, 4.69) is 10.6 Å². The molecule has 184 valence electrons. The predicted octanol–water partition coefficient (Wildman–Crippen LogP) is 2.77. The Balaban J connectivity index is 1.43. The number of carbonyl (C=O) groups is 3. The minimum Gasteiger partial charge on any atom is -0.359 e. The minimum absolute atomic E-state index is 0.201. The molecule has 2 fully saturated rings. The van der Waals surface area contributed by atoms with Crippen molar-refractivity contribution in [3.63, 3.8) is 0 Å². The molecule has 1 aromatic carbocycles. The third-order valence-corrected chi connectivity index (χ3v) is 7.57. The molecule has 2 aromatic rings. The van der Waals surface area contributed by atoms with Crippen LogP contribution in [0.15, 0.2) is 53.9 Å². The number of fused-ring (bicyclic) bond motifs is 1. The smallest absolute Gasteiger partial charge is 0.246 e. The van der Waals surface area contributed by atoms with Crippen LogP contribution < -0.4 is 10.6 Å². The summed E-state index contributed by atoms with van der Waals surface area (Å²) >= 11 is 1.51. The maximum atomic E-state index is 13.8. The summed E-state index contributed by atoms with van der Waals surface area (Å²) in [6.07, 6.45) is 2.99. The number of hydrogen-bond acceptors (Lipinski definition) is 5. The third kappa shape index (κ3) is 4.16. The highest BCUT2D eigenvalue weighted by molar-refractivity contribution is 7.09. The van der Waals surface area contributed by atoms with Crippen LogP contribution in [0.5, 0.6) is 0 Å². The molecule has 0 radical (unpaired) electrons. The zero-order valence-electron chi connectivity index (χ0n) is 19.8. The Morgan fingerprint density at radius 1 is 1.17 bits per heavy atom. The van der Waals surface area contributed by atoms with Gasteiger partial charge in [-0.1, -0.05) is 30.4 Å². The fourth-order valence-corrected chi connectivity index (χ4v) is 6.06. The van der Waals surface area contributed by atoms with Gasteiger partial charge in [0.05, 0.1) is 24.5 Å². The summed E-state index contributed by atoms with van der Waals surface area (Å²) in [7, 11) is 0. The van der Waals surface area contributed by atoms with Crippen molar-refractivity contribution in [2.45, 2.75) is 57.1 Å². The van der Waals surface area contributed by atoms with Gasteiger partial charge in [0.1, 0.15) is 17.5 Å². The van der Waals surface area contributed by atoms with E-state index in [1.807, 2.05) is 38.3 Å². The first kappa shape index (κ1) is 23.7. The third-order valence-electron chi connectivity index (χ3n) is 6.71. The Hall–Kier alpha value is -3.04. The maximum Gasteiger partial charge on any atom is 0.246 e. The van der Waals surface area contributed by atoms with Gasteiger partial charge in [0.2, 0.25) is 17.7 Å². The van der Waals surface area contributed by atoms with Gasteiger partial charge in [0.15, 0.2) is 0 Å². The number of halogens is 1. The van der Waals surface area contributed by atoms with Crippen molar-refractivity contribution in [2.75, 3.05) is 0 Å². The molecule has 5 atom stereocenters. The van der Waals surface area contributed by atoms with E-state index in [1.54, 1.807) is 29.2 Å². The number of ether oxygens (including phenoxy) is 1. The SMILES string of the molecule is CC(C)(C)NC(=O)[C@H]1N(Cc2cccs2)C(=O)[C@H]2[C@@H](C(=O)NCc3ccc(F)cc3)[C@H]3C=C[C@@]21O3. The van der Waals surface area contributed by atoms with Crippen molar-refractivity contribution in [3.8, 4) is 0 Å². The Kier molecular flexibility index (Phi) is 5.80. The molecule has 5 rings (SSSR count). The van der Waals surface area contributed by atoms with Gasteiger partial charge in [0.25, 0.3) is 0 Å². The summed E-state index contributed by atoms with van der Waals surface area (Å²) in [4.78, 5) is 43.2. The largest absolute Gasteiger partial charge is 0.359 e. The van der Waals surface area contributed by atoms with Crippen LogP contribution in [-0.2, 0) is 32.2 Å².